The highest BCUT2D eigenvalue weighted by molar-refractivity contribution is 5.96. The van der Waals surface area contributed by atoms with Crippen LogP contribution in [0, 0.1) is 5.92 Å². The van der Waals surface area contributed by atoms with Crippen molar-refractivity contribution < 1.29 is 9.90 Å². The Morgan fingerprint density at radius 3 is 2.88 bits per heavy atom. The zero-order chi connectivity index (χ0) is 11.8. The second kappa shape index (κ2) is 3.77. The summed E-state index contributed by atoms with van der Waals surface area (Å²) in [6.45, 7) is 0.510. The summed E-state index contributed by atoms with van der Waals surface area (Å²) in [7, 11) is 0. The van der Waals surface area contributed by atoms with Gasteiger partial charge in [-0.2, -0.15) is 0 Å². The van der Waals surface area contributed by atoms with Gasteiger partial charge in [0.25, 0.3) is 0 Å². The minimum Gasteiger partial charge on any atom is -0.481 e. The summed E-state index contributed by atoms with van der Waals surface area (Å²) in [5.41, 5.74) is 2.20. The van der Waals surface area contributed by atoms with Gasteiger partial charge < -0.3 is 10.4 Å². The summed E-state index contributed by atoms with van der Waals surface area (Å²) >= 11 is 0. The van der Waals surface area contributed by atoms with E-state index >= 15 is 0 Å². The van der Waals surface area contributed by atoms with Crippen molar-refractivity contribution in [3.63, 3.8) is 0 Å². The fourth-order valence-corrected chi connectivity index (χ4v) is 2.43. The van der Waals surface area contributed by atoms with Crippen LogP contribution in [0.1, 0.15) is 5.56 Å². The average molecular weight is 227 g/mol. The molecule has 0 amide bonds. The number of hydrogen-bond donors (Lipinski definition) is 2. The molecule has 1 atom stereocenters. The van der Waals surface area contributed by atoms with Gasteiger partial charge in [-0.1, -0.05) is 36.4 Å². The summed E-state index contributed by atoms with van der Waals surface area (Å²) in [5.74, 6) is -1.04. The Balaban J connectivity index is 2.11. The van der Waals surface area contributed by atoms with Crippen LogP contribution in [0.3, 0.4) is 0 Å². The smallest absolute Gasteiger partial charge is 0.308 e. The van der Waals surface area contributed by atoms with E-state index in [9.17, 15) is 4.79 Å². The largest absolute Gasteiger partial charge is 0.481 e. The summed E-state index contributed by atoms with van der Waals surface area (Å²) in [6, 6.07) is 12.2. The molecule has 3 rings (SSSR count). The molecule has 0 saturated heterocycles. The molecule has 0 saturated carbocycles. The number of carboxylic acid groups (broad SMARTS) is 1. The van der Waals surface area contributed by atoms with Gasteiger partial charge in [0.1, 0.15) is 0 Å². The van der Waals surface area contributed by atoms with Crippen LogP contribution in [-0.2, 0) is 11.2 Å². The SMILES string of the molecule is O=C(O)C1CNc2c(ccc3ccccc23)C1. The summed E-state index contributed by atoms with van der Waals surface area (Å²) in [6.07, 6.45) is 0.614. The van der Waals surface area contributed by atoms with Gasteiger partial charge >= 0.3 is 5.97 Å². The minimum absolute atomic E-state index is 0.316. The molecular weight excluding hydrogens is 214 g/mol. The van der Waals surface area contributed by atoms with Crippen LogP contribution in [0.4, 0.5) is 5.69 Å². The van der Waals surface area contributed by atoms with Gasteiger partial charge in [-0.15, -0.1) is 0 Å². The summed E-state index contributed by atoms with van der Waals surface area (Å²) in [5, 5.41) is 14.7. The molecule has 0 radical (unpaired) electrons. The molecule has 0 bridgehead atoms. The molecule has 2 aromatic rings. The van der Waals surface area contributed by atoms with Gasteiger partial charge in [0.05, 0.1) is 5.92 Å². The van der Waals surface area contributed by atoms with Crippen LogP contribution < -0.4 is 5.32 Å². The molecule has 1 heterocycles. The number of fused-ring (bicyclic) bond motifs is 3. The van der Waals surface area contributed by atoms with Crippen molar-refractivity contribution in [3.8, 4) is 0 Å². The fraction of sp³-hybridized carbons (Fsp3) is 0.214. The molecule has 17 heavy (non-hydrogen) atoms. The Kier molecular flexibility index (Phi) is 2.25. The highest BCUT2D eigenvalue weighted by atomic mass is 16.4. The Labute approximate surface area is 99.1 Å². The Hall–Kier alpha value is -2.03. The van der Waals surface area contributed by atoms with Gasteiger partial charge in [0, 0.05) is 17.6 Å². The number of rotatable bonds is 1. The van der Waals surface area contributed by atoms with Gasteiger partial charge in [-0.3, -0.25) is 4.79 Å². The van der Waals surface area contributed by atoms with Crippen LogP contribution in [0.5, 0.6) is 0 Å². The first-order valence-corrected chi connectivity index (χ1v) is 5.73. The van der Waals surface area contributed by atoms with Gasteiger partial charge in [0.15, 0.2) is 0 Å². The molecule has 2 N–H and O–H groups in total. The molecule has 86 valence electrons. The van der Waals surface area contributed by atoms with Gasteiger partial charge in [-0.05, 0) is 17.4 Å². The molecule has 3 heteroatoms. The maximum Gasteiger partial charge on any atom is 0.308 e. The van der Waals surface area contributed by atoms with Crippen molar-refractivity contribution in [1.82, 2.24) is 0 Å². The number of carboxylic acids is 1. The van der Waals surface area contributed by atoms with Crippen LogP contribution in [0.2, 0.25) is 0 Å². The molecule has 0 aromatic heterocycles. The zero-order valence-electron chi connectivity index (χ0n) is 9.31. The number of hydrogen-bond acceptors (Lipinski definition) is 2. The van der Waals surface area contributed by atoms with E-state index in [0.29, 0.717) is 13.0 Å². The Morgan fingerprint density at radius 2 is 2.06 bits per heavy atom. The lowest BCUT2D eigenvalue weighted by atomic mass is 9.91. The van der Waals surface area contributed by atoms with Crippen molar-refractivity contribution in [2.24, 2.45) is 5.92 Å². The first-order chi connectivity index (χ1) is 8.25. The fourth-order valence-electron chi connectivity index (χ4n) is 2.43. The van der Waals surface area contributed by atoms with E-state index in [1.165, 1.54) is 10.8 Å². The maximum atomic E-state index is 11.0. The van der Waals surface area contributed by atoms with E-state index in [4.69, 9.17) is 5.11 Å². The lowest BCUT2D eigenvalue weighted by Crippen LogP contribution is -2.29. The van der Waals surface area contributed by atoms with E-state index in [0.717, 1.165) is 11.3 Å². The molecular formula is C14H13NO2. The Bertz CT molecular complexity index is 592. The second-order valence-corrected chi connectivity index (χ2v) is 4.44. The number of aliphatic carboxylic acids is 1. The monoisotopic (exact) mass is 227 g/mol. The van der Waals surface area contributed by atoms with Gasteiger partial charge in [-0.25, -0.2) is 0 Å². The van der Waals surface area contributed by atoms with E-state index in [1.54, 1.807) is 0 Å². The highest BCUT2D eigenvalue weighted by Gasteiger charge is 2.24. The van der Waals surface area contributed by atoms with Crippen LogP contribution in [0.25, 0.3) is 10.8 Å². The third-order valence-corrected chi connectivity index (χ3v) is 3.36. The maximum absolute atomic E-state index is 11.0. The number of benzene rings is 2. The normalized spacial score (nSPS) is 18.5. The number of anilines is 1. The molecule has 1 unspecified atom stereocenters. The van der Waals surface area contributed by atoms with Crippen molar-refractivity contribution in [1.29, 1.82) is 0 Å². The Morgan fingerprint density at radius 1 is 1.24 bits per heavy atom. The lowest BCUT2D eigenvalue weighted by Gasteiger charge is -2.24. The average Bonchev–Trinajstić information content (AvgIpc) is 2.38. The predicted octanol–water partition coefficient (Wildman–Crippen LogP) is 2.51. The van der Waals surface area contributed by atoms with Crippen LogP contribution in [-0.4, -0.2) is 17.6 Å². The number of nitrogens with one attached hydrogen (secondary N) is 1. The van der Waals surface area contributed by atoms with E-state index in [-0.39, 0.29) is 5.92 Å². The van der Waals surface area contributed by atoms with E-state index in [2.05, 4.69) is 23.5 Å². The van der Waals surface area contributed by atoms with Crippen LogP contribution in [0.15, 0.2) is 36.4 Å². The summed E-state index contributed by atoms with van der Waals surface area (Å²) < 4.78 is 0. The van der Waals surface area contributed by atoms with Gasteiger partial charge in [0.2, 0.25) is 0 Å². The third kappa shape index (κ3) is 1.64. The molecule has 1 aliphatic heterocycles. The van der Waals surface area contributed by atoms with Crippen molar-refractivity contribution in [3.05, 3.63) is 42.0 Å². The molecule has 1 aliphatic rings. The first-order valence-electron chi connectivity index (χ1n) is 5.73. The molecule has 0 fully saturated rings. The molecule has 0 spiro atoms. The standard InChI is InChI=1S/C14H13NO2/c16-14(17)11-7-10-6-5-9-3-1-2-4-12(9)13(10)15-8-11/h1-6,11,15H,7-8H2,(H,16,17). The van der Waals surface area contributed by atoms with Crippen LogP contribution >= 0.6 is 0 Å². The quantitative estimate of drug-likeness (QED) is 0.787. The predicted molar refractivity (Wildman–Crippen MR) is 67.3 cm³/mol. The number of carbonyl (C=O) groups is 1. The first kappa shape index (κ1) is 10.1. The lowest BCUT2D eigenvalue weighted by molar-refractivity contribution is -0.141. The zero-order valence-corrected chi connectivity index (χ0v) is 9.31. The third-order valence-electron chi connectivity index (χ3n) is 3.36. The molecule has 2 aromatic carbocycles. The molecule has 3 nitrogen and oxygen atoms in total. The topological polar surface area (TPSA) is 49.3 Å². The summed E-state index contributed by atoms with van der Waals surface area (Å²) in [4.78, 5) is 11.0. The molecule has 0 aliphatic carbocycles. The van der Waals surface area contributed by atoms with Crippen molar-refractivity contribution in [2.45, 2.75) is 6.42 Å². The van der Waals surface area contributed by atoms with E-state index in [1.807, 2.05) is 18.2 Å². The second-order valence-electron chi connectivity index (χ2n) is 4.44. The highest BCUT2D eigenvalue weighted by Crippen LogP contribution is 2.32. The minimum atomic E-state index is -0.726. The van der Waals surface area contributed by atoms with E-state index < -0.39 is 5.97 Å². The van der Waals surface area contributed by atoms with Crippen molar-refractivity contribution >= 4 is 22.4 Å². The van der Waals surface area contributed by atoms with Crippen molar-refractivity contribution in [2.75, 3.05) is 11.9 Å².